The predicted octanol–water partition coefficient (Wildman–Crippen LogP) is 2.57. The summed E-state index contributed by atoms with van der Waals surface area (Å²) in [5.41, 5.74) is 1.67. The molecule has 0 bridgehead atoms. The molecule has 1 fully saturated rings. The Kier molecular flexibility index (Phi) is 5.58. The third-order valence-corrected chi connectivity index (χ3v) is 4.44. The molecular weight excluding hydrogens is 252 g/mol. The number of benzene rings is 1. The Labute approximate surface area is 121 Å². The highest BCUT2D eigenvalue weighted by molar-refractivity contribution is 5.30. The van der Waals surface area contributed by atoms with Crippen LogP contribution in [-0.4, -0.2) is 36.1 Å². The monoisotopic (exact) mass is 278 g/mol. The van der Waals surface area contributed by atoms with Crippen molar-refractivity contribution in [3.05, 3.63) is 35.4 Å². The zero-order chi connectivity index (χ0) is 14.4. The molecule has 1 atom stereocenters. The minimum Gasteiger partial charge on any atom is -0.395 e. The van der Waals surface area contributed by atoms with Gasteiger partial charge in [0.05, 0.1) is 19.3 Å². The van der Waals surface area contributed by atoms with E-state index in [4.69, 9.17) is 4.74 Å². The van der Waals surface area contributed by atoms with E-state index >= 15 is 0 Å². The van der Waals surface area contributed by atoms with Gasteiger partial charge in [0.2, 0.25) is 0 Å². The van der Waals surface area contributed by atoms with Gasteiger partial charge in [-0.1, -0.05) is 29.8 Å². The number of ether oxygens (including phenoxy) is 1. The van der Waals surface area contributed by atoms with Crippen molar-refractivity contribution in [3.8, 4) is 0 Å². The second kappa shape index (κ2) is 7.21. The standard InChI is InChI=1S/C17H26O3/c1-14-5-2-6-15(11-14)17(12-18,13-19)9-3-7-16-8-4-10-20-16/h2,5-6,11,16,18-19H,3-4,7-10,12-13H2,1H3. The molecule has 2 rings (SSSR count). The molecule has 1 aromatic rings. The van der Waals surface area contributed by atoms with Crippen LogP contribution in [0.15, 0.2) is 24.3 Å². The Morgan fingerprint density at radius 1 is 1.30 bits per heavy atom. The fourth-order valence-electron chi connectivity index (χ4n) is 3.05. The largest absolute Gasteiger partial charge is 0.395 e. The molecule has 0 spiro atoms. The number of aryl methyl sites for hydroxylation is 1. The molecule has 1 unspecified atom stereocenters. The summed E-state index contributed by atoms with van der Waals surface area (Å²) in [6.07, 6.45) is 5.47. The Morgan fingerprint density at radius 2 is 2.10 bits per heavy atom. The Hall–Kier alpha value is -0.900. The summed E-state index contributed by atoms with van der Waals surface area (Å²) >= 11 is 0. The lowest BCUT2D eigenvalue weighted by Gasteiger charge is -2.31. The van der Waals surface area contributed by atoms with Gasteiger partial charge in [0, 0.05) is 12.0 Å². The normalized spacial score (nSPS) is 19.4. The molecule has 1 aromatic carbocycles. The van der Waals surface area contributed by atoms with Gasteiger partial charge in [-0.05, 0) is 44.6 Å². The fraction of sp³-hybridized carbons (Fsp3) is 0.647. The van der Waals surface area contributed by atoms with Crippen LogP contribution in [0.4, 0.5) is 0 Å². The van der Waals surface area contributed by atoms with Crippen LogP contribution in [0.5, 0.6) is 0 Å². The third kappa shape index (κ3) is 3.60. The maximum atomic E-state index is 9.82. The van der Waals surface area contributed by atoms with E-state index in [1.807, 2.05) is 25.1 Å². The Morgan fingerprint density at radius 3 is 2.70 bits per heavy atom. The van der Waals surface area contributed by atoms with Crippen molar-refractivity contribution < 1.29 is 14.9 Å². The lowest BCUT2D eigenvalue weighted by atomic mass is 9.77. The van der Waals surface area contributed by atoms with Crippen molar-refractivity contribution in [1.29, 1.82) is 0 Å². The first-order valence-electron chi connectivity index (χ1n) is 7.61. The van der Waals surface area contributed by atoms with Gasteiger partial charge in [0.15, 0.2) is 0 Å². The molecule has 1 heterocycles. The number of aliphatic hydroxyl groups excluding tert-OH is 2. The van der Waals surface area contributed by atoms with Crippen LogP contribution < -0.4 is 0 Å². The maximum absolute atomic E-state index is 9.82. The van der Waals surface area contributed by atoms with Crippen molar-refractivity contribution in [2.24, 2.45) is 0 Å². The van der Waals surface area contributed by atoms with E-state index in [-0.39, 0.29) is 13.2 Å². The molecule has 112 valence electrons. The van der Waals surface area contributed by atoms with E-state index in [0.29, 0.717) is 6.10 Å². The molecular formula is C17H26O3. The van der Waals surface area contributed by atoms with Gasteiger partial charge in [-0.2, -0.15) is 0 Å². The summed E-state index contributed by atoms with van der Waals surface area (Å²) in [6, 6.07) is 8.10. The molecule has 1 aliphatic rings. The average Bonchev–Trinajstić information content (AvgIpc) is 2.97. The van der Waals surface area contributed by atoms with Crippen molar-refractivity contribution in [3.63, 3.8) is 0 Å². The van der Waals surface area contributed by atoms with Crippen LogP contribution in [0.25, 0.3) is 0 Å². The van der Waals surface area contributed by atoms with E-state index in [1.165, 1.54) is 0 Å². The molecule has 0 amide bonds. The summed E-state index contributed by atoms with van der Waals surface area (Å²) < 4.78 is 5.63. The van der Waals surface area contributed by atoms with Gasteiger partial charge in [0.25, 0.3) is 0 Å². The molecule has 20 heavy (non-hydrogen) atoms. The third-order valence-electron chi connectivity index (χ3n) is 4.44. The zero-order valence-corrected chi connectivity index (χ0v) is 12.3. The summed E-state index contributed by atoms with van der Waals surface area (Å²) in [6.45, 7) is 2.89. The van der Waals surface area contributed by atoms with Crippen LogP contribution in [0, 0.1) is 6.92 Å². The van der Waals surface area contributed by atoms with Gasteiger partial charge in [-0.3, -0.25) is 0 Å². The molecule has 0 saturated carbocycles. The van der Waals surface area contributed by atoms with Crippen molar-refractivity contribution in [2.45, 2.75) is 50.5 Å². The summed E-state index contributed by atoms with van der Waals surface area (Å²) in [7, 11) is 0. The van der Waals surface area contributed by atoms with E-state index in [1.54, 1.807) is 0 Å². The number of aliphatic hydroxyl groups is 2. The van der Waals surface area contributed by atoms with Gasteiger partial charge in [-0.15, -0.1) is 0 Å². The first-order valence-corrected chi connectivity index (χ1v) is 7.61. The molecule has 2 N–H and O–H groups in total. The second-order valence-electron chi connectivity index (χ2n) is 5.99. The van der Waals surface area contributed by atoms with Gasteiger partial charge in [0.1, 0.15) is 0 Å². The first kappa shape index (κ1) is 15.5. The lowest BCUT2D eigenvalue weighted by molar-refractivity contribution is 0.0841. The van der Waals surface area contributed by atoms with E-state index in [2.05, 4.69) is 6.07 Å². The van der Waals surface area contributed by atoms with E-state index in [9.17, 15) is 10.2 Å². The number of hydrogen-bond acceptors (Lipinski definition) is 3. The highest BCUT2D eigenvalue weighted by atomic mass is 16.5. The highest BCUT2D eigenvalue weighted by Gasteiger charge is 2.31. The van der Waals surface area contributed by atoms with Crippen LogP contribution in [0.3, 0.4) is 0 Å². The highest BCUT2D eigenvalue weighted by Crippen LogP contribution is 2.31. The van der Waals surface area contributed by atoms with Gasteiger partial charge in [-0.25, -0.2) is 0 Å². The summed E-state index contributed by atoms with van der Waals surface area (Å²) in [5.74, 6) is 0. The zero-order valence-electron chi connectivity index (χ0n) is 12.3. The van der Waals surface area contributed by atoms with E-state index in [0.717, 1.165) is 49.8 Å². The topological polar surface area (TPSA) is 49.7 Å². The smallest absolute Gasteiger partial charge is 0.0576 e. The summed E-state index contributed by atoms with van der Waals surface area (Å²) in [5, 5.41) is 19.6. The fourth-order valence-corrected chi connectivity index (χ4v) is 3.05. The van der Waals surface area contributed by atoms with Crippen molar-refractivity contribution >= 4 is 0 Å². The van der Waals surface area contributed by atoms with E-state index < -0.39 is 5.41 Å². The second-order valence-corrected chi connectivity index (χ2v) is 5.99. The SMILES string of the molecule is Cc1cccc(C(CO)(CO)CCCC2CCCO2)c1. The minimum absolute atomic E-state index is 0.0154. The van der Waals surface area contributed by atoms with Crippen LogP contribution in [0.1, 0.15) is 43.2 Å². The maximum Gasteiger partial charge on any atom is 0.0576 e. The Balaban J connectivity index is 2.00. The number of hydrogen-bond donors (Lipinski definition) is 2. The van der Waals surface area contributed by atoms with Gasteiger partial charge >= 0.3 is 0 Å². The molecule has 3 heteroatoms. The lowest BCUT2D eigenvalue weighted by Crippen LogP contribution is -2.35. The average molecular weight is 278 g/mol. The molecule has 0 aliphatic carbocycles. The molecule has 0 radical (unpaired) electrons. The molecule has 3 nitrogen and oxygen atoms in total. The quantitative estimate of drug-likeness (QED) is 0.806. The van der Waals surface area contributed by atoms with Crippen molar-refractivity contribution in [2.75, 3.05) is 19.8 Å². The summed E-state index contributed by atoms with van der Waals surface area (Å²) in [4.78, 5) is 0. The van der Waals surface area contributed by atoms with Crippen LogP contribution in [-0.2, 0) is 10.2 Å². The predicted molar refractivity (Wildman–Crippen MR) is 79.9 cm³/mol. The molecule has 0 aromatic heterocycles. The minimum atomic E-state index is -0.523. The van der Waals surface area contributed by atoms with Crippen molar-refractivity contribution in [1.82, 2.24) is 0 Å². The van der Waals surface area contributed by atoms with Gasteiger partial charge < -0.3 is 14.9 Å². The molecule has 1 aliphatic heterocycles. The first-order chi connectivity index (χ1) is 9.70. The van der Waals surface area contributed by atoms with Crippen LogP contribution in [0.2, 0.25) is 0 Å². The van der Waals surface area contributed by atoms with Crippen LogP contribution >= 0.6 is 0 Å². The molecule has 1 saturated heterocycles. The number of rotatable bonds is 7. The Bertz CT molecular complexity index is 406.